The third kappa shape index (κ3) is 2.27. The fraction of sp³-hybridized carbons (Fsp3) is 0.333. The molecule has 8 heteroatoms. The third-order valence-electron chi connectivity index (χ3n) is 2.25. The molecule has 0 spiro atoms. The zero-order valence-electron chi connectivity index (χ0n) is 9.17. The minimum Gasteiger partial charge on any atom is -0.335 e. The minimum absolute atomic E-state index is 0.222. The Labute approximate surface area is 106 Å². The molecule has 0 amide bonds. The Hall–Kier alpha value is -1.54. The molecule has 2 rings (SSSR count). The first-order valence-corrected chi connectivity index (χ1v) is 5.74. The molecule has 2 aromatic heterocycles. The number of hydrogen-bond donors (Lipinski definition) is 1. The average Bonchev–Trinajstić information content (AvgIpc) is 2.87. The van der Waals surface area contributed by atoms with Crippen LogP contribution in [0.15, 0.2) is 17.1 Å². The highest BCUT2D eigenvalue weighted by Gasteiger charge is 2.20. The van der Waals surface area contributed by atoms with Crippen LogP contribution in [0.2, 0.25) is 0 Å². The van der Waals surface area contributed by atoms with Crippen LogP contribution >= 0.6 is 15.9 Å². The highest BCUT2D eigenvalue weighted by molar-refractivity contribution is 9.10. The molecule has 0 saturated carbocycles. The lowest BCUT2D eigenvalue weighted by Gasteiger charge is -1.98. The monoisotopic (exact) mass is 298 g/mol. The van der Waals surface area contributed by atoms with E-state index in [9.17, 15) is 4.79 Å². The van der Waals surface area contributed by atoms with Gasteiger partial charge in [-0.05, 0) is 15.9 Å². The van der Waals surface area contributed by atoms with Crippen molar-refractivity contribution < 1.29 is 4.79 Å². The van der Waals surface area contributed by atoms with Gasteiger partial charge >= 0.3 is 0 Å². The quantitative estimate of drug-likeness (QED) is 0.800. The number of rotatable bonds is 4. The third-order valence-corrected chi connectivity index (χ3v) is 2.79. The van der Waals surface area contributed by atoms with Gasteiger partial charge in [-0.3, -0.25) is 4.79 Å². The lowest BCUT2D eigenvalue weighted by atomic mass is 10.2. The second-order valence-corrected chi connectivity index (χ2v) is 4.22. The average molecular weight is 299 g/mol. The summed E-state index contributed by atoms with van der Waals surface area (Å²) in [6.45, 7) is 1.13. The van der Waals surface area contributed by atoms with Crippen LogP contribution in [-0.2, 0) is 13.6 Å². The molecule has 0 radical (unpaired) electrons. The molecule has 2 N–H and O–H groups in total. The van der Waals surface area contributed by atoms with Crippen LogP contribution in [0.5, 0.6) is 0 Å². The molecule has 0 aliphatic heterocycles. The molecule has 2 heterocycles. The van der Waals surface area contributed by atoms with Crippen molar-refractivity contribution in [1.82, 2.24) is 24.5 Å². The molecule has 2 aromatic rings. The Kier molecular flexibility index (Phi) is 3.34. The van der Waals surface area contributed by atoms with Crippen LogP contribution in [-0.4, -0.2) is 36.9 Å². The highest BCUT2D eigenvalue weighted by Crippen LogP contribution is 2.15. The lowest BCUT2D eigenvalue weighted by molar-refractivity contribution is 0.102. The van der Waals surface area contributed by atoms with E-state index in [1.165, 1.54) is 4.68 Å². The number of ketones is 1. The lowest BCUT2D eigenvalue weighted by Crippen LogP contribution is -2.10. The summed E-state index contributed by atoms with van der Waals surface area (Å²) >= 11 is 3.18. The maximum atomic E-state index is 12.1. The standard InChI is InChI=1S/C9H11BrN6O/c1-15-7(9(10)13-14-15)8(17)6-4-16(3-2-11)5-12-6/h4-5H,2-3,11H2,1H3. The van der Waals surface area contributed by atoms with Gasteiger partial charge in [-0.25, -0.2) is 9.67 Å². The number of hydrogen-bond acceptors (Lipinski definition) is 5. The summed E-state index contributed by atoms with van der Waals surface area (Å²) in [5.41, 5.74) is 6.15. The van der Waals surface area contributed by atoms with E-state index in [-0.39, 0.29) is 5.78 Å². The second kappa shape index (κ2) is 4.76. The van der Waals surface area contributed by atoms with E-state index in [1.54, 1.807) is 24.1 Å². The Balaban J connectivity index is 2.31. The van der Waals surface area contributed by atoms with Crippen molar-refractivity contribution in [2.75, 3.05) is 6.54 Å². The van der Waals surface area contributed by atoms with Crippen molar-refractivity contribution in [3.63, 3.8) is 0 Å². The summed E-state index contributed by atoms with van der Waals surface area (Å²) in [7, 11) is 1.65. The molecule has 0 bridgehead atoms. The molecular weight excluding hydrogens is 288 g/mol. The highest BCUT2D eigenvalue weighted by atomic mass is 79.9. The first-order valence-electron chi connectivity index (χ1n) is 4.95. The Morgan fingerprint density at radius 1 is 1.59 bits per heavy atom. The summed E-state index contributed by atoms with van der Waals surface area (Å²) in [5, 5.41) is 7.51. The molecule has 0 fully saturated rings. The Bertz CT molecular complexity index is 526. The van der Waals surface area contributed by atoms with Gasteiger partial charge in [0.2, 0.25) is 5.78 Å². The Morgan fingerprint density at radius 2 is 2.35 bits per heavy atom. The van der Waals surface area contributed by atoms with Crippen molar-refractivity contribution >= 4 is 21.7 Å². The second-order valence-electron chi connectivity index (χ2n) is 3.47. The van der Waals surface area contributed by atoms with Gasteiger partial charge in [0, 0.05) is 26.3 Å². The molecule has 17 heavy (non-hydrogen) atoms. The van der Waals surface area contributed by atoms with Crippen LogP contribution in [0.25, 0.3) is 0 Å². The van der Waals surface area contributed by atoms with Crippen LogP contribution < -0.4 is 5.73 Å². The van der Waals surface area contributed by atoms with Gasteiger partial charge in [-0.1, -0.05) is 5.21 Å². The zero-order valence-corrected chi connectivity index (χ0v) is 10.8. The molecule has 0 aromatic carbocycles. The van der Waals surface area contributed by atoms with Crippen molar-refractivity contribution in [2.45, 2.75) is 6.54 Å². The van der Waals surface area contributed by atoms with Crippen LogP contribution in [0.3, 0.4) is 0 Å². The number of carbonyl (C=O) groups is 1. The van der Waals surface area contributed by atoms with E-state index >= 15 is 0 Å². The zero-order chi connectivity index (χ0) is 12.4. The van der Waals surface area contributed by atoms with E-state index in [4.69, 9.17) is 5.73 Å². The number of imidazole rings is 1. The molecule has 7 nitrogen and oxygen atoms in total. The number of halogens is 1. The first kappa shape index (κ1) is 11.9. The molecular formula is C9H11BrN6O. The van der Waals surface area contributed by atoms with E-state index in [2.05, 4.69) is 31.2 Å². The van der Waals surface area contributed by atoms with Crippen molar-refractivity contribution in [3.8, 4) is 0 Å². The molecule has 0 aliphatic carbocycles. The van der Waals surface area contributed by atoms with Gasteiger partial charge in [0.1, 0.15) is 11.4 Å². The largest absolute Gasteiger partial charge is 0.335 e. The Morgan fingerprint density at radius 3 is 2.94 bits per heavy atom. The van der Waals surface area contributed by atoms with E-state index in [0.29, 0.717) is 29.1 Å². The van der Waals surface area contributed by atoms with Gasteiger partial charge in [-0.15, -0.1) is 5.10 Å². The number of nitrogens with zero attached hydrogens (tertiary/aromatic N) is 5. The SMILES string of the molecule is Cn1nnc(Br)c1C(=O)c1cn(CCN)cn1. The van der Waals surface area contributed by atoms with Crippen LogP contribution in [0.1, 0.15) is 16.2 Å². The summed E-state index contributed by atoms with van der Waals surface area (Å²) in [5.74, 6) is -0.222. The smallest absolute Gasteiger partial charge is 0.233 e. The molecule has 0 unspecified atom stereocenters. The molecule has 90 valence electrons. The fourth-order valence-corrected chi connectivity index (χ4v) is 1.95. The van der Waals surface area contributed by atoms with Gasteiger partial charge < -0.3 is 10.3 Å². The number of aryl methyl sites for hydroxylation is 1. The predicted octanol–water partition coefficient (Wildman–Crippen LogP) is -0.0362. The maximum Gasteiger partial charge on any atom is 0.233 e. The molecule has 0 atom stereocenters. The van der Waals surface area contributed by atoms with E-state index in [0.717, 1.165) is 0 Å². The van der Waals surface area contributed by atoms with Crippen molar-refractivity contribution in [2.24, 2.45) is 12.8 Å². The van der Waals surface area contributed by atoms with E-state index in [1.807, 2.05) is 0 Å². The summed E-state index contributed by atoms with van der Waals surface area (Å²) < 4.78 is 3.60. The summed E-state index contributed by atoms with van der Waals surface area (Å²) in [6, 6.07) is 0. The summed E-state index contributed by atoms with van der Waals surface area (Å²) in [6.07, 6.45) is 3.24. The predicted molar refractivity (Wildman–Crippen MR) is 63.4 cm³/mol. The maximum absolute atomic E-state index is 12.1. The topological polar surface area (TPSA) is 91.6 Å². The van der Waals surface area contributed by atoms with Crippen LogP contribution in [0, 0.1) is 0 Å². The summed E-state index contributed by atoms with van der Waals surface area (Å²) in [4.78, 5) is 16.2. The van der Waals surface area contributed by atoms with Crippen molar-refractivity contribution in [3.05, 3.63) is 28.5 Å². The fourth-order valence-electron chi connectivity index (χ4n) is 1.44. The molecule has 0 aliphatic rings. The van der Waals surface area contributed by atoms with Gasteiger partial charge in [0.25, 0.3) is 0 Å². The van der Waals surface area contributed by atoms with Crippen molar-refractivity contribution in [1.29, 1.82) is 0 Å². The van der Waals surface area contributed by atoms with Gasteiger partial charge in [-0.2, -0.15) is 0 Å². The minimum atomic E-state index is -0.222. The number of aromatic nitrogens is 5. The van der Waals surface area contributed by atoms with Crippen LogP contribution in [0.4, 0.5) is 0 Å². The first-order chi connectivity index (χ1) is 8.13. The van der Waals surface area contributed by atoms with Gasteiger partial charge in [0.15, 0.2) is 4.60 Å². The number of carbonyl (C=O) groups excluding carboxylic acids is 1. The molecule has 0 saturated heterocycles. The van der Waals surface area contributed by atoms with Gasteiger partial charge in [0.05, 0.1) is 6.33 Å². The van der Waals surface area contributed by atoms with E-state index < -0.39 is 0 Å². The normalized spacial score (nSPS) is 10.8. The number of nitrogens with two attached hydrogens (primary N) is 1.